The van der Waals surface area contributed by atoms with Gasteiger partial charge in [-0.2, -0.15) is 0 Å². The summed E-state index contributed by atoms with van der Waals surface area (Å²) < 4.78 is 0. The molecule has 0 radical (unpaired) electrons. The average Bonchev–Trinajstić information content (AvgIpc) is 2.63. The van der Waals surface area contributed by atoms with Crippen LogP contribution in [0.3, 0.4) is 0 Å². The van der Waals surface area contributed by atoms with Crippen LogP contribution in [0.5, 0.6) is 0 Å². The van der Waals surface area contributed by atoms with Crippen molar-refractivity contribution in [3.63, 3.8) is 0 Å². The van der Waals surface area contributed by atoms with E-state index in [1.165, 1.54) is 27.9 Å². The quantitative estimate of drug-likeness (QED) is 0.620. The van der Waals surface area contributed by atoms with Gasteiger partial charge in [-0.1, -0.05) is 66.7 Å². The number of rotatable bonds is 3. The lowest BCUT2D eigenvalue weighted by Crippen LogP contribution is -2.00. The van der Waals surface area contributed by atoms with Gasteiger partial charge in [-0.15, -0.1) is 0 Å². The van der Waals surface area contributed by atoms with E-state index in [0.29, 0.717) is 0 Å². The van der Waals surface area contributed by atoms with Crippen LogP contribution in [0.4, 0.5) is 11.4 Å². The standard InChI is InChI=1S/C22H19N/c1-2-7-17(8-3-1)18-13-15-20(16-14-18)23-22-12-6-10-19-9-4-5-11-21(19)22/h1-4,6-10,12-16,23H,5,11H2. The normalized spacial score (nSPS) is 12.7. The summed E-state index contributed by atoms with van der Waals surface area (Å²) in [5, 5.41) is 3.58. The summed E-state index contributed by atoms with van der Waals surface area (Å²) in [6.45, 7) is 0. The largest absolute Gasteiger partial charge is 0.355 e. The molecular weight excluding hydrogens is 278 g/mol. The fraction of sp³-hybridized carbons (Fsp3) is 0.0909. The van der Waals surface area contributed by atoms with Gasteiger partial charge in [-0.25, -0.2) is 0 Å². The number of nitrogens with one attached hydrogen (secondary N) is 1. The Morgan fingerprint density at radius 2 is 1.48 bits per heavy atom. The second-order valence-electron chi connectivity index (χ2n) is 5.88. The van der Waals surface area contributed by atoms with Crippen LogP contribution in [-0.2, 0) is 6.42 Å². The topological polar surface area (TPSA) is 12.0 Å². The van der Waals surface area contributed by atoms with E-state index in [1.54, 1.807) is 0 Å². The summed E-state index contributed by atoms with van der Waals surface area (Å²) in [5.74, 6) is 0. The molecule has 0 fully saturated rings. The lowest BCUT2D eigenvalue weighted by molar-refractivity contribution is 0.988. The molecule has 0 heterocycles. The molecule has 1 N–H and O–H groups in total. The minimum absolute atomic E-state index is 1.11. The van der Waals surface area contributed by atoms with Gasteiger partial charge in [0.1, 0.15) is 0 Å². The van der Waals surface area contributed by atoms with Crippen LogP contribution in [0.1, 0.15) is 17.5 Å². The Morgan fingerprint density at radius 1 is 0.696 bits per heavy atom. The molecule has 0 spiro atoms. The van der Waals surface area contributed by atoms with Crippen molar-refractivity contribution >= 4 is 17.5 Å². The number of allylic oxidation sites excluding steroid dienone is 1. The van der Waals surface area contributed by atoms with Crippen molar-refractivity contribution in [1.29, 1.82) is 0 Å². The average molecular weight is 297 g/mol. The monoisotopic (exact) mass is 297 g/mol. The zero-order valence-corrected chi connectivity index (χ0v) is 13.0. The van der Waals surface area contributed by atoms with Gasteiger partial charge in [-0.3, -0.25) is 0 Å². The molecule has 3 aromatic carbocycles. The Kier molecular flexibility index (Phi) is 3.69. The molecule has 1 nitrogen and oxygen atoms in total. The molecular formula is C22H19N. The number of hydrogen-bond donors (Lipinski definition) is 1. The van der Waals surface area contributed by atoms with Crippen molar-refractivity contribution in [2.24, 2.45) is 0 Å². The zero-order valence-electron chi connectivity index (χ0n) is 13.0. The lowest BCUT2D eigenvalue weighted by atomic mass is 9.95. The number of benzene rings is 3. The van der Waals surface area contributed by atoms with Crippen LogP contribution < -0.4 is 5.32 Å². The second kappa shape index (κ2) is 6.13. The summed E-state index contributed by atoms with van der Waals surface area (Å²) >= 11 is 0. The first-order valence-electron chi connectivity index (χ1n) is 8.11. The third-order valence-electron chi connectivity index (χ3n) is 4.34. The number of anilines is 2. The summed E-state index contributed by atoms with van der Waals surface area (Å²) in [5.41, 5.74) is 7.60. The molecule has 0 saturated carbocycles. The van der Waals surface area contributed by atoms with E-state index in [-0.39, 0.29) is 0 Å². The van der Waals surface area contributed by atoms with Crippen LogP contribution in [0.25, 0.3) is 17.2 Å². The van der Waals surface area contributed by atoms with Gasteiger partial charge in [0.2, 0.25) is 0 Å². The van der Waals surface area contributed by atoms with Gasteiger partial charge in [0, 0.05) is 11.4 Å². The van der Waals surface area contributed by atoms with Gasteiger partial charge in [0.15, 0.2) is 0 Å². The molecule has 0 unspecified atom stereocenters. The highest BCUT2D eigenvalue weighted by molar-refractivity contribution is 5.73. The van der Waals surface area contributed by atoms with Crippen molar-refractivity contribution in [3.05, 3.63) is 90.0 Å². The maximum absolute atomic E-state index is 3.58. The molecule has 0 aliphatic heterocycles. The minimum atomic E-state index is 1.11. The van der Waals surface area contributed by atoms with E-state index in [1.807, 2.05) is 6.07 Å². The highest BCUT2D eigenvalue weighted by Gasteiger charge is 2.09. The molecule has 0 atom stereocenters. The third kappa shape index (κ3) is 2.91. The number of hydrogen-bond acceptors (Lipinski definition) is 1. The van der Waals surface area contributed by atoms with Crippen LogP contribution in [0.2, 0.25) is 0 Å². The zero-order chi connectivity index (χ0) is 15.5. The summed E-state index contributed by atoms with van der Waals surface area (Å²) in [4.78, 5) is 0. The van der Waals surface area contributed by atoms with Crippen molar-refractivity contribution in [2.75, 3.05) is 5.32 Å². The summed E-state index contributed by atoms with van der Waals surface area (Å²) in [6.07, 6.45) is 6.71. The molecule has 1 heteroatoms. The van der Waals surface area contributed by atoms with Gasteiger partial charge < -0.3 is 5.32 Å². The molecule has 0 bridgehead atoms. The highest BCUT2D eigenvalue weighted by Crippen LogP contribution is 2.29. The Morgan fingerprint density at radius 3 is 2.30 bits per heavy atom. The van der Waals surface area contributed by atoms with Crippen LogP contribution in [0, 0.1) is 0 Å². The summed E-state index contributed by atoms with van der Waals surface area (Å²) in [7, 11) is 0. The van der Waals surface area contributed by atoms with Crippen molar-refractivity contribution in [3.8, 4) is 11.1 Å². The number of fused-ring (bicyclic) bond motifs is 1. The Labute approximate surface area is 137 Å². The van der Waals surface area contributed by atoms with E-state index in [4.69, 9.17) is 0 Å². The predicted molar refractivity (Wildman–Crippen MR) is 99.0 cm³/mol. The third-order valence-corrected chi connectivity index (χ3v) is 4.34. The predicted octanol–water partition coefficient (Wildman–Crippen LogP) is 6.06. The van der Waals surface area contributed by atoms with Crippen molar-refractivity contribution < 1.29 is 0 Å². The fourth-order valence-electron chi connectivity index (χ4n) is 3.13. The van der Waals surface area contributed by atoms with Crippen molar-refractivity contribution in [1.82, 2.24) is 0 Å². The molecule has 1 aliphatic rings. The van der Waals surface area contributed by atoms with Gasteiger partial charge >= 0.3 is 0 Å². The SMILES string of the molecule is C1=Cc2cccc(Nc3ccc(-c4ccccc4)cc3)c2CC1. The van der Waals surface area contributed by atoms with Crippen molar-refractivity contribution in [2.45, 2.75) is 12.8 Å². The van der Waals surface area contributed by atoms with Crippen LogP contribution in [-0.4, -0.2) is 0 Å². The first kappa shape index (κ1) is 13.8. The molecule has 112 valence electrons. The molecule has 0 aromatic heterocycles. The van der Waals surface area contributed by atoms with E-state index in [9.17, 15) is 0 Å². The minimum Gasteiger partial charge on any atom is -0.355 e. The lowest BCUT2D eigenvalue weighted by Gasteiger charge is -2.17. The maximum atomic E-state index is 3.58. The van der Waals surface area contributed by atoms with Gasteiger partial charge in [0.25, 0.3) is 0 Å². The molecule has 4 rings (SSSR count). The Hall–Kier alpha value is -2.80. The smallest absolute Gasteiger partial charge is 0.0422 e. The van der Waals surface area contributed by atoms with Crippen LogP contribution in [0.15, 0.2) is 78.9 Å². The first-order valence-corrected chi connectivity index (χ1v) is 8.11. The molecule has 23 heavy (non-hydrogen) atoms. The van der Waals surface area contributed by atoms with Crippen LogP contribution >= 0.6 is 0 Å². The maximum Gasteiger partial charge on any atom is 0.0422 e. The van der Waals surface area contributed by atoms with Gasteiger partial charge in [-0.05, 0) is 53.3 Å². The molecule has 1 aliphatic carbocycles. The van der Waals surface area contributed by atoms with E-state index in [0.717, 1.165) is 18.5 Å². The molecule has 3 aromatic rings. The summed E-state index contributed by atoms with van der Waals surface area (Å²) in [6, 6.07) is 25.6. The molecule has 0 amide bonds. The fourth-order valence-corrected chi connectivity index (χ4v) is 3.13. The first-order chi connectivity index (χ1) is 11.4. The Balaban J connectivity index is 1.60. The second-order valence-corrected chi connectivity index (χ2v) is 5.88. The molecule has 0 saturated heterocycles. The highest BCUT2D eigenvalue weighted by atomic mass is 14.9. The van der Waals surface area contributed by atoms with E-state index < -0.39 is 0 Å². The Bertz CT molecular complexity index is 830. The van der Waals surface area contributed by atoms with E-state index in [2.05, 4.69) is 84.2 Å². The van der Waals surface area contributed by atoms with E-state index >= 15 is 0 Å². The van der Waals surface area contributed by atoms with Gasteiger partial charge in [0.05, 0.1) is 0 Å².